The molecule has 0 aliphatic heterocycles. The molecule has 2 aromatic heterocycles. The molecule has 0 aliphatic rings. The summed E-state index contributed by atoms with van der Waals surface area (Å²) in [4.78, 5) is 30.6. The maximum Gasteiger partial charge on any atom is 0.327 e. The number of nitrogens with zero attached hydrogens (tertiary/aromatic N) is 1. The van der Waals surface area contributed by atoms with Crippen molar-refractivity contribution in [2.75, 3.05) is 6.61 Å². The van der Waals surface area contributed by atoms with Gasteiger partial charge in [0, 0.05) is 0 Å². The summed E-state index contributed by atoms with van der Waals surface area (Å²) in [6, 6.07) is 0. The van der Waals surface area contributed by atoms with Crippen molar-refractivity contribution in [1.29, 1.82) is 0 Å². The lowest BCUT2D eigenvalue weighted by atomic mass is 10.6. The van der Waals surface area contributed by atoms with Crippen LogP contribution in [0.1, 0.15) is 6.92 Å². The van der Waals surface area contributed by atoms with E-state index in [9.17, 15) is 9.59 Å². The third-order valence-electron chi connectivity index (χ3n) is 1.54. The van der Waals surface area contributed by atoms with Crippen LogP contribution in [0.5, 0.6) is 5.19 Å². The molecular weight excluding hydrogens is 206 g/mol. The quantitative estimate of drug-likeness (QED) is 0.739. The Morgan fingerprint density at radius 2 is 2.21 bits per heavy atom. The molecule has 7 heteroatoms. The molecule has 74 valence electrons. The van der Waals surface area contributed by atoms with Crippen LogP contribution in [0.2, 0.25) is 0 Å². The molecule has 0 saturated carbocycles. The average Bonchev–Trinajstić information content (AvgIpc) is 2.48. The molecule has 14 heavy (non-hydrogen) atoms. The predicted molar refractivity (Wildman–Crippen MR) is 52.0 cm³/mol. The zero-order chi connectivity index (χ0) is 10.1. The maximum absolute atomic E-state index is 11.3. The van der Waals surface area contributed by atoms with Crippen LogP contribution >= 0.6 is 11.3 Å². The van der Waals surface area contributed by atoms with E-state index in [0.717, 1.165) is 11.3 Å². The first kappa shape index (κ1) is 8.95. The van der Waals surface area contributed by atoms with Gasteiger partial charge in [-0.3, -0.25) is 14.8 Å². The van der Waals surface area contributed by atoms with E-state index < -0.39 is 11.2 Å². The van der Waals surface area contributed by atoms with Gasteiger partial charge in [-0.05, 0) is 6.92 Å². The second-order valence-corrected chi connectivity index (χ2v) is 3.46. The zero-order valence-electron chi connectivity index (χ0n) is 7.29. The minimum atomic E-state index is -0.559. The first-order valence-corrected chi connectivity index (χ1v) is 4.78. The van der Waals surface area contributed by atoms with E-state index >= 15 is 0 Å². The summed E-state index contributed by atoms with van der Waals surface area (Å²) < 4.78 is 5.49. The van der Waals surface area contributed by atoms with Gasteiger partial charge in [0.05, 0.1) is 6.61 Å². The molecule has 0 fully saturated rings. The Kier molecular flexibility index (Phi) is 2.08. The molecule has 0 aromatic carbocycles. The first-order chi connectivity index (χ1) is 6.70. The van der Waals surface area contributed by atoms with E-state index in [1.54, 1.807) is 0 Å². The highest BCUT2D eigenvalue weighted by Crippen LogP contribution is 2.22. The van der Waals surface area contributed by atoms with Crippen LogP contribution in [0.3, 0.4) is 0 Å². The highest BCUT2D eigenvalue weighted by Gasteiger charge is 2.08. The molecule has 0 unspecified atom stereocenters. The number of aromatic amines is 2. The van der Waals surface area contributed by atoms with Crippen molar-refractivity contribution < 1.29 is 4.74 Å². The molecule has 2 aromatic rings. The first-order valence-electron chi connectivity index (χ1n) is 3.96. The van der Waals surface area contributed by atoms with E-state index in [-0.39, 0.29) is 5.65 Å². The van der Waals surface area contributed by atoms with Crippen molar-refractivity contribution in [3.05, 3.63) is 20.8 Å². The molecule has 0 aliphatic carbocycles. The summed E-state index contributed by atoms with van der Waals surface area (Å²) in [7, 11) is 0. The SMILES string of the molecule is CCOc1nc2[nH]c(=O)[nH]c(=O)c2s1. The number of nitrogens with one attached hydrogen (secondary N) is 2. The van der Waals surface area contributed by atoms with Crippen molar-refractivity contribution in [3.8, 4) is 5.19 Å². The van der Waals surface area contributed by atoms with Crippen molar-refractivity contribution in [2.45, 2.75) is 6.92 Å². The summed E-state index contributed by atoms with van der Waals surface area (Å²) in [5, 5.41) is 0.384. The molecule has 0 spiro atoms. The topological polar surface area (TPSA) is 87.8 Å². The Morgan fingerprint density at radius 3 is 2.93 bits per heavy atom. The van der Waals surface area contributed by atoms with Gasteiger partial charge in [-0.15, -0.1) is 0 Å². The van der Waals surface area contributed by atoms with Gasteiger partial charge in [0.15, 0.2) is 5.65 Å². The number of thiazole rings is 1. The molecule has 0 amide bonds. The van der Waals surface area contributed by atoms with Crippen molar-refractivity contribution in [2.24, 2.45) is 0 Å². The van der Waals surface area contributed by atoms with Crippen LogP contribution in [0.4, 0.5) is 0 Å². The standard InChI is InChI=1S/C7H7N3O3S/c1-2-13-7-9-4-3(14-7)5(11)10-6(12)8-4/h2H2,1H3,(H2,8,10,11,12). The number of rotatable bonds is 2. The number of hydrogen-bond acceptors (Lipinski definition) is 5. The molecule has 0 saturated heterocycles. The summed E-state index contributed by atoms with van der Waals surface area (Å²) in [6.07, 6.45) is 0. The summed E-state index contributed by atoms with van der Waals surface area (Å²) in [6.45, 7) is 2.29. The second-order valence-electron chi connectivity index (χ2n) is 2.50. The number of ether oxygens (including phenoxy) is 1. The van der Waals surface area contributed by atoms with Crippen LogP contribution in [0, 0.1) is 0 Å². The fourth-order valence-corrected chi connectivity index (χ4v) is 1.85. The van der Waals surface area contributed by atoms with Crippen LogP contribution in [0.25, 0.3) is 10.3 Å². The zero-order valence-corrected chi connectivity index (χ0v) is 8.10. The Labute approximate surface area is 81.6 Å². The fraction of sp³-hybridized carbons (Fsp3) is 0.286. The summed E-state index contributed by atoms with van der Waals surface area (Å²) in [5.74, 6) is 0. The fourth-order valence-electron chi connectivity index (χ4n) is 1.02. The molecule has 0 bridgehead atoms. The molecule has 0 atom stereocenters. The molecule has 6 nitrogen and oxygen atoms in total. The van der Waals surface area contributed by atoms with Gasteiger partial charge in [-0.25, -0.2) is 4.79 Å². The lowest BCUT2D eigenvalue weighted by molar-refractivity contribution is 0.339. The van der Waals surface area contributed by atoms with Gasteiger partial charge in [0.1, 0.15) is 4.70 Å². The number of aromatic nitrogens is 3. The second kappa shape index (κ2) is 3.26. The largest absolute Gasteiger partial charge is 0.470 e. The molecule has 0 radical (unpaired) electrons. The third-order valence-corrected chi connectivity index (χ3v) is 2.51. The van der Waals surface area contributed by atoms with Gasteiger partial charge in [0.2, 0.25) is 0 Å². The van der Waals surface area contributed by atoms with Gasteiger partial charge in [0.25, 0.3) is 10.8 Å². The Morgan fingerprint density at radius 1 is 1.43 bits per heavy atom. The highest BCUT2D eigenvalue weighted by atomic mass is 32.1. The number of fused-ring (bicyclic) bond motifs is 1. The van der Waals surface area contributed by atoms with Gasteiger partial charge in [-0.1, -0.05) is 11.3 Å². The Balaban J connectivity index is 2.71. The van der Waals surface area contributed by atoms with Gasteiger partial charge in [-0.2, -0.15) is 4.98 Å². The van der Waals surface area contributed by atoms with Crippen LogP contribution < -0.4 is 16.0 Å². The molecular formula is C7H7N3O3S. The summed E-state index contributed by atoms with van der Waals surface area (Å²) in [5.41, 5.74) is -0.727. The maximum atomic E-state index is 11.3. The van der Waals surface area contributed by atoms with Gasteiger partial charge < -0.3 is 4.74 Å². The van der Waals surface area contributed by atoms with Gasteiger partial charge >= 0.3 is 5.69 Å². The number of H-pyrrole nitrogens is 2. The van der Waals surface area contributed by atoms with Crippen LogP contribution in [0.15, 0.2) is 9.59 Å². The third kappa shape index (κ3) is 1.41. The van der Waals surface area contributed by atoms with E-state index in [1.807, 2.05) is 6.92 Å². The van der Waals surface area contributed by atoms with E-state index in [0.29, 0.717) is 16.5 Å². The average molecular weight is 213 g/mol. The van der Waals surface area contributed by atoms with E-state index in [1.165, 1.54) is 0 Å². The monoisotopic (exact) mass is 213 g/mol. The van der Waals surface area contributed by atoms with Crippen LogP contribution in [-0.2, 0) is 0 Å². The molecule has 2 heterocycles. The van der Waals surface area contributed by atoms with Crippen LogP contribution in [-0.4, -0.2) is 21.6 Å². The number of hydrogen-bond donors (Lipinski definition) is 2. The van der Waals surface area contributed by atoms with Crippen molar-refractivity contribution in [1.82, 2.24) is 15.0 Å². The minimum Gasteiger partial charge on any atom is -0.470 e. The lowest BCUT2D eigenvalue weighted by Gasteiger charge is -1.91. The minimum absolute atomic E-state index is 0.271. The lowest BCUT2D eigenvalue weighted by Crippen LogP contribution is -2.20. The highest BCUT2D eigenvalue weighted by molar-refractivity contribution is 7.20. The predicted octanol–water partition coefficient (Wildman–Crippen LogP) is 0.0716. The summed E-state index contributed by atoms with van der Waals surface area (Å²) >= 11 is 1.11. The van der Waals surface area contributed by atoms with E-state index in [2.05, 4.69) is 15.0 Å². The van der Waals surface area contributed by atoms with E-state index in [4.69, 9.17) is 4.74 Å². The van der Waals surface area contributed by atoms with Crippen molar-refractivity contribution >= 4 is 21.7 Å². The molecule has 2 rings (SSSR count). The molecule has 2 N–H and O–H groups in total. The Bertz CT molecular complexity index is 567. The smallest absolute Gasteiger partial charge is 0.327 e. The normalized spacial score (nSPS) is 10.6. The Hall–Kier alpha value is -1.63. The van der Waals surface area contributed by atoms with Crippen molar-refractivity contribution in [3.63, 3.8) is 0 Å².